The van der Waals surface area contributed by atoms with Gasteiger partial charge in [0, 0.05) is 70.6 Å². The van der Waals surface area contributed by atoms with Crippen LogP contribution in [0.3, 0.4) is 0 Å². The first kappa shape index (κ1) is 34.1. The van der Waals surface area contributed by atoms with Crippen LogP contribution in [-0.2, 0) is 45.9 Å². The SMILES string of the molecule is C[C@@H]1[C@@H]([Si](C)(C)O)[C@H](CCn2cc(CCO)nn2)O[C@@]12C(=O)N(Cc1cccc(NC(=O)Cc3c[nH]c4ccccc34)c1)c1ccc(Cl)cc12. The number of hydrogen-bond acceptors (Lipinski definition) is 7. The van der Waals surface area contributed by atoms with Crippen molar-refractivity contribution in [3.05, 3.63) is 107 Å². The van der Waals surface area contributed by atoms with E-state index in [0.717, 1.165) is 22.0 Å². The standard InChI is InChI=1S/C37H41ClN6O5Si/c1-23-35(50(2,3)48)33(13-15-43-22-28(14-16-45)41-42-43)49-37(23)30-19-26(38)11-12-32(30)44(36(37)47)21-24-7-6-8-27(17-24)40-34(46)18-25-20-39-31-10-5-4-9-29(25)31/h4-12,17,19-20,22-23,33,35,39,45,48H,13-16,18,21H2,1-3H3,(H,40,46)/t23-,33+,35-,37+/m1/s1. The van der Waals surface area contributed by atoms with Crippen LogP contribution in [0.1, 0.15) is 35.7 Å². The fraction of sp³-hybridized carbons (Fsp3) is 0.351. The lowest BCUT2D eigenvalue weighted by Crippen LogP contribution is -2.46. The average molecular weight is 713 g/mol. The summed E-state index contributed by atoms with van der Waals surface area (Å²) >= 11 is 6.57. The molecule has 0 saturated carbocycles. The number of aliphatic hydroxyl groups excluding tert-OH is 1. The number of aryl methyl sites for hydroxylation is 1. The van der Waals surface area contributed by atoms with E-state index in [0.29, 0.717) is 47.0 Å². The maximum atomic E-state index is 14.8. The predicted molar refractivity (Wildman–Crippen MR) is 194 cm³/mol. The molecule has 4 N–H and O–H groups in total. The molecule has 1 spiro atoms. The Hall–Kier alpha value is -4.33. The molecule has 0 radical (unpaired) electrons. The van der Waals surface area contributed by atoms with Gasteiger partial charge in [0.1, 0.15) is 0 Å². The monoisotopic (exact) mass is 712 g/mol. The third kappa shape index (κ3) is 6.26. The predicted octanol–water partition coefficient (Wildman–Crippen LogP) is 5.56. The zero-order valence-electron chi connectivity index (χ0n) is 28.3. The Morgan fingerprint density at radius 3 is 2.76 bits per heavy atom. The van der Waals surface area contributed by atoms with Gasteiger partial charge in [0.05, 0.1) is 30.5 Å². The Labute approximate surface area is 296 Å². The van der Waals surface area contributed by atoms with Crippen molar-refractivity contribution in [2.24, 2.45) is 5.92 Å². The molecule has 2 amide bonds. The summed E-state index contributed by atoms with van der Waals surface area (Å²) in [6, 6.07) is 20.9. The molecule has 0 bridgehead atoms. The van der Waals surface area contributed by atoms with E-state index in [9.17, 15) is 19.5 Å². The summed E-state index contributed by atoms with van der Waals surface area (Å²) < 4.78 is 8.63. The molecule has 11 nitrogen and oxygen atoms in total. The van der Waals surface area contributed by atoms with Gasteiger partial charge >= 0.3 is 0 Å². The number of nitrogens with zero attached hydrogens (tertiary/aromatic N) is 4. The molecule has 0 unspecified atom stereocenters. The number of ether oxygens (including phenoxy) is 1. The van der Waals surface area contributed by atoms with Crippen LogP contribution in [0.5, 0.6) is 0 Å². The number of carbonyl (C=O) groups is 2. The summed E-state index contributed by atoms with van der Waals surface area (Å²) in [5, 5.41) is 22.1. The van der Waals surface area contributed by atoms with Crippen molar-refractivity contribution in [2.75, 3.05) is 16.8 Å². The number of aromatic nitrogens is 4. The van der Waals surface area contributed by atoms with Gasteiger partial charge in [-0.2, -0.15) is 0 Å². The third-order valence-corrected chi connectivity index (χ3v) is 12.9. The van der Waals surface area contributed by atoms with Gasteiger partial charge in [-0.25, -0.2) is 0 Å². The van der Waals surface area contributed by atoms with Gasteiger partial charge in [-0.15, -0.1) is 5.10 Å². The maximum absolute atomic E-state index is 14.8. The number of rotatable bonds is 11. The van der Waals surface area contributed by atoms with Gasteiger partial charge in [-0.3, -0.25) is 14.3 Å². The Kier molecular flexibility index (Phi) is 9.16. The fourth-order valence-electron chi connectivity index (χ4n) is 8.00. The minimum atomic E-state index is -2.86. The van der Waals surface area contributed by atoms with Gasteiger partial charge in [0.2, 0.25) is 5.91 Å². The molecule has 0 aliphatic carbocycles. The molecule has 1 saturated heterocycles. The Balaban J connectivity index is 1.13. The highest BCUT2D eigenvalue weighted by atomic mass is 35.5. The molecular weight excluding hydrogens is 672 g/mol. The van der Waals surface area contributed by atoms with E-state index in [2.05, 4.69) is 20.6 Å². The smallest absolute Gasteiger partial charge is 0.264 e. The molecule has 1 fully saturated rings. The summed E-state index contributed by atoms with van der Waals surface area (Å²) in [5.74, 6) is -0.683. The first-order valence-electron chi connectivity index (χ1n) is 16.9. The van der Waals surface area contributed by atoms with Crippen LogP contribution in [0.2, 0.25) is 23.7 Å². The number of halogens is 1. The van der Waals surface area contributed by atoms with E-state index in [1.807, 2.05) is 86.9 Å². The van der Waals surface area contributed by atoms with Crippen molar-refractivity contribution >= 4 is 54.0 Å². The van der Waals surface area contributed by atoms with Crippen LogP contribution in [0.25, 0.3) is 10.9 Å². The van der Waals surface area contributed by atoms with Gasteiger partial charge in [0.15, 0.2) is 13.9 Å². The lowest BCUT2D eigenvalue weighted by atomic mass is 9.82. The number of H-pyrrole nitrogens is 1. The van der Waals surface area contributed by atoms with Crippen molar-refractivity contribution in [2.45, 2.75) is 69.6 Å². The minimum Gasteiger partial charge on any atom is -0.432 e. The average Bonchev–Trinajstić information content (AvgIpc) is 3.82. The van der Waals surface area contributed by atoms with Crippen molar-refractivity contribution in [3.63, 3.8) is 0 Å². The number of hydrogen-bond donors (Lipinski definition) is 4. The molecule has 4 atom stereocenters. The summed E-state index contributed by atoms with van der Waals surface area (Å²) in [6.45, 7) is 6.51. The van der Waals surface area contributed by atoms with E-state index in [1.165, 1.54) is 0 Å². The first-order valence-corrected chi connectivity index (χ1v) is 20.3. The molecule has 2 aromatic heterocycles. The summed E-state index contributed by atoms with van der Waals surface area (Å²) in [5.41, 5.74) is 3.89. The van der Waals surface area contributed by atoms with Crippen molar-refractivity contribution < 1.29 is 24.2 Å². The third-order valence-electron chi connectivity index (χ3n) is 10.1. The highest BCUT2D eigenvalue weighted by molar-refractivity contribution is 6.71. The molecule has 7 rings (SSSR count). The molecule has 2 aliphatic rings. The summed E-state index contributed by atoms with van der Waals surface area (Å²) in [4.78, 5) is 44.5. The highest BCUT2D eigenvalue weighted by Crippen LogP contribution is 2.60. The first-order chi connectivity index (χ1) is 24.0. The van der Waals surface area contributed by atoms with Gasteiger partial charge < -0.3 is 29.8 Å². The van der Waals surface area contributed by atoms with Crippen LogP contribution in [0.4, 0.5) is 11.4 Å². The van der Waals surface area contributed by atoms with Crippen LogP contribution in [0.15, 0.2) is 79.1 Å². The number of para-hydroxylation sites is 1. The second-order valence-corrected chi connectivity index (χ2v) is 18.3. The van der Waals surface area contributed by atoms with Crippen LogP contribution in [0, 0.1) is 5.92 Å². The normalized spacial score (nSPS) is 21.8. The van der Waals surface area contributed by atoms with Crippen molar-refractivity contribution in [1.82, 2.24) is 20.0 Å². The van der Waals surface area contributed by atoms with Crippen LogP contribution >= 0.6 is 11.6 Å². The van der Waals surface area contributed by atoms with E-state index < -0.39 is 20.0 Å². The van der Waals surface area contributed by atoms with E-state index in [4.69, 9.17) is 16.3 Å². The summed E-state index contributed by atoms with van der Waals surface area (Å²) in [7, 11) is -2.86. The second kappa shape index (κ2) is 13.4. The Morgan fingerprint density at radius 2 is 1.96 bits per heavy atom. The number of aliphatic hydroxyl groups is 1. The van der Waals surface area contributed by atoms with E-state index >= 15 is 0 Å². The summed E-state index contributed by atoms with van der Waals surface area (Å²) in [6.07, 6.45) is 4.40. The molecular formula is C37H41ClN6O5Si. The molecule has 260 valence electrons. The zero-order chi connectivity index (χ0) is 35.2. The lowest BCUT2D eigenvalue weighted by molar-refractivity contribution is -0.146. The molecule has 4 heterocycles. The fourth-order valence-corrected chi connectivity index (χ4v) is 10.8. The van der Waals surface area contributed by atoms with Gasteiger partial charge in [-0.1, -0.05) is 54.1 Å². The number of amides is 2. The quantitative estimate of drug-likeness (QED) is 0.131. The number of fused-ring (bicyclic) bond motifs is 3. The number of anilines is 2. The second-order valence-electron chi connectivity index (χ2n) is 13.9. The van der Waals surface area contributed by atoms with E-state index in [1.54, 1.807) is 21.8 Å². The van der Waals surface area contributed by atoms with E-state index in [-0.39, 0.29) is 42.8 Å². The Morgan fingerprint density at radius 1 is 1.14 bits per heavy atom. The maximum Gasteiger partial charge on any atom is 0.264 e. The topological polar surface area (TPSA) is 146 Å². The van der Waals surface area contributed by atoms with Crippen molar-refractivity contribution in [3.8, 4) is 0 Å². The molecule has 13 heteroatoms. The molecule has 5 aromatic rings. The molecule has 50 heavy (non-hydrogen) atoms. The van der Waals surface area contributed by atoms with Crippen LogP contribution < -0.4 is 10.2 Å². The highest BCUT2D eigenvalue weighted by Gasteiger charge is 2.66. The number of nitrogens with one attached hydrogen (secondary N) is 2. The molecule has 3 aromatic carbocycles. The number of benzene rings is 3. The Bertz CT molecular complexity index is 2060. The van der Waals surface area contributed by atoms with Crippen molar-refractivity contribution in [1.29, 1.82) is 0 Å². The van der Waals surface area contributed by atoms with Gasteiger partial charge in [0.25, 0.3) is 5.91 Å². The van der Waals surface area contributed by atoms with Gasteiger partial charge in [-0.05, 0) is 67.0 Å². The molecule has 2 aliphatic heterocycles. The number of aromatic amines is 1. The largest absolute Gasteiger partial charge is 0.432 e. The number of carbonyl (C=O) groups excluding carboxylic acids is 2. The minimum absolute atomic E-state index is 0.0118. The zero-order valence-corrected chi connectivity index (χ0v) is 30.0. The van der Waals surface area contributed by atoms with Crippen LogP contribution in [-0.4, -0.2) is 62.7 Å². The lowest BCUT2D eigenvalue weighted by Gasteiger charge is -2.32.